The summed E-state index contributed by atoms with van der Waals surface area (Å²) in [5.74, 6) is 5.50. The van der Waals surface area contributed by atoms with Crippen LogP contribution in [0.3, 0.4) is 0 Å². The second kappa shape index (κ2) is 8.89. The van der Waals surface area contributed by atoms with Crippen LogP contribution in [0, 0.1) is 0 Å². The Labute approximate surface area is 188 Å². The van der Waals surface area contributed by atoms with Crippen LogP contribution in [0.4, 0.5) is 5.69 Å². The Hall–Kier alpha value is -3.57. The molecule has 0 unspecified atom stereocenters. The van der Waals surface area contributed by atoms with Crippen molar-refractivity contribution < 1.29 is 13.2 Å². The highest BCUT2D eigenvalue weighted by molar-refractivity contribution is 7.89. The van der Waals surface area contributed by atoms with Crippen LogP contribution in [0.1, 0.15) is 10.4 Å². The van der Waals surface area contributed by atoms with Gasteiger partial charge in [0.05, 0.1) is 10.6 Å². The second-order valence-corrected chi connectivity index (χ2v) is 8.81. The van der Waals surface area contributed by atoms with E-state index in [1.807, 2.05) is 30.3 Å². The fraction of sp³-hybridized carbons (Fsp3) is 0. The minimum atomic E-state index is -3.81. The van der Waals surface area contributed by atoms with Gasteiger partial charge in [-0.05, 0) is 42.5 Å². The lowest BCUT2D eigenvalue weighted by atomic mass is 10.1. The van der Waals surface area contributed by atoms with Crippen LogP contribution < -0.4 is 16.0 Å². The van der Waals surface area contributed by atoms with Gasteiger partial charge in [-0.2, -0.15) is 9.93 Å². The van der Waals surface area contributed by atoms with Crippen LogP contribution in [-0.4, -0.2) is 29.5 Å². The van der Waals surface area contributed by atoms with E-state index in [1.165, 1.54) is 24.3 Å². The third-order valence-electron chi connectivity index (χ3n) is 4.59. The molecule has 3 aromatic carbocycles. The van der Waals surface area contributed by atoms with Gasteiger partial charge in [-0.3, -0.25) is 15.7 Å². The molecule has 1 amide bonds. The summed E-state index contributed by atoms with van der Waals surface area (Å²) in [5.41, 5.74) is 2.08. The maximum Gasteiger partial charge on any atom is 0.255 e. The van der Waals surface area contributed by atoms with E-state index in [9.17, 15) is 13.2 Å². The first kappa shape index (κ1) is 21.7. The van der Waals surface area contributed by atoms with Crippen LogP contribution in [0.5, 0.6) is 0 Å². The molecule has 0 bridgehead atoms. The summed E-state index contributed by atoms with van der Waals surface area (Å²) in [6.45, 7) is 0. The Balaban J connectivity index is 1.62. The smallest absolute Gasteiger partial charge is 0.255 e. The number of amides is 1. The number of nitrogens with one attached hydrogen (secondary N) is 3. The van der Waals surface area contributed by atoms with Gasteiger partial charge in [0.2, 0.25) is 0 Å². The molecule has 0 atom stereocenters. The fourth-order valence-electron chi connectivity index (χ4n) is 2.97. The normalized spacial score (nSPS) is 11.3. The highest BCUT2D eigenvalue weighted by Crippen LogP contribution is 2.30. The molecule has 0 saturated carbocycles. The van der Waals surface area contributed by atoms with E-state index in [-0.39, 0.29) is 10.5 Å². The standard InChI is InChI=1S/C21H17ClN6O3S/c22-15-8-11-18(24-21(29)14-6-9-16(10-7-14)32(30,31)28-23)17(12-15)20-25-19(26-27-20)13-4-2-1-3-5-13/h1-12,28H,23H2,(H,24,29)(H,25,26,27). The lowest BCUT2D eigenvalue weighted by molar-refractivity contribution is 0.102. The number of benzene rings is 3. The number of nitrogens with two attached hydrogens (primary N) is 1. The third-order valence-corrected chi connectivity index (χ3v) is 6.02. The molecule has 0 fully saturated rings. The van der Waals surface area contributed by atoms with Crippen LogP contribution in [0.15, 0.2) is 77.7 Å². The second-order valence-electron chi connectivity index (χ2n) is 6.66. The van der Waals surface area contributed by atoms with Crippen molar-refractivity contribution in [2.24, 2.45) is 5.84 Å². The van der Waals surface area contributed by atoms with Gasteiger partial charge in [-0.25, -0.2) is 13.4 Å². The van der Waals surface area contributed by atoms with Crippen molar-refractivity contribution in [2.45, 2.75) is 4.90 Å². The molecule has 4 rings (SSSR count). The number of nitrogens with zero attached hydrogens (tertiary/aromatic N) is 2. The quantitative estimate of drug-likeness (QED) is 0.253. The summed E-state index contributed by atoms with van der Waals surface area (Å²) >= 11 is 6.17. The molecule has 9 nitrogen and oxygen atoms in total. The number of anilines is 1. The molecule has 0 radical (unpaired) electrons. The largest absolute Gasteiger partial charge is 0.321 e. The number of aromatic amines is 1. The Morgan fingerprint density at radius 3 is 2.41 bits per heavy atom. The number of H-pyrrole nitrogens is 1. The first-order valence-corrected chi connectivity index (χ1v) is 11.1. The molecular weight excluding hydrogens is 452 g/mol. The van der Waals surface area contributed by atoms with E-state index in [2.05, 4.69) is 20.5 Å². The van der Waals surface area contributed by atoms with Crippen LogP contribution in [0.2, 0.25) is 5.02 Å². The number of rotatable bonds is 6. The molecule has 162 valence electrons. The number of aromatic nitrogens is 3. The summed E-state index contributed by atoms with van der Waals surface area (Å²) in [5, 5.41) is 10.4. The third kappa shape index (κ3) is 4.53. The Morgan fingerprint density at radius 2 is 1.72 bits per heavy atom. The van der Waals surface area contributed by atoms with Crippen molar-refractivity contribution in [3.05, 3.63) is 83.4 Å². The Kier molecular flexibility index (Phi) is 6.01. The molecule has 0 aliphatic carbocycles. The predicted octanol–water partition coefficient (Wildman–Crippen LogP) is 3.20. The molecule has 0 aliphatic heterocycles. The molecule has 4 aromatic rings. The molecular formula is C21H17ClN6O3S. The lowest BCUT2D eigenvalue weighted by Crippen LogP contribution is -2.30. The van der Waals surface area contributed by atoms with Gasteiger partial charge in [0.15, 0.2) is 11.6 Å². The zero-order chi connectivity index (χ0) is 22.7. The molecule has 32 heavy (non-hydrogen) atoms. The van der Waals surface area contributed by atoms with Crippen molar-refractivity contribution >= 4 is 33.2 Å². The van der Waals surface area contributed by atoms with Crippen LogP contribution in [0.25, 0.3) is 22.8 Å². The van der Waals surface area contributed by atoms with Gasteiger partial charge in [0, 0.05) is 21.7 Å². The van der Waals surface area contributed by atoms with Crippen molar-refractivity contribution in [1.29, 1.82) is 0 Å². The van der Waals surface area contributed by atoms with E-state index >= 15 is 0 Å². The van der Waals surface area contributed by atoms with E-state index in [1.54, 1.807) is 23.0 Å². The zero-order valence-electron chi connectivity index (χ0n) is 16.4. The SMILES string of the molecule is NNS(=O)(=O)c1ccc(C(=O)Nc2ccc(Cl)cc2-c2n[nH]c(-c3ccccc3)n2)cc1. The highest BCUT2D eigenvalue weighted by atomic mass is 35.5. The Morgan fingerprint density at radius 1 is 1.00 bits per heavy atom. The van der Waals surface area contributed by atoms with Crippen molar-refractivity contribution in [2.75, 3.05) is 5.32 Å². The topological polar surface area (TPSA) is 143 Å². The summed E-state index contributed by atoms with van der Waals surface area (Å²) < 4.78 is 23.5. The molecule has 1 heterocycles. The van der Waals surface area contributed by atoms with Gasteiger partial charge in [-0.1, -0.05) is 41.9 Å². The highest BCUT2D eigenvalue weighted by Gasteiger charge is 2.17. The number of carbonyl (C=O) groups excluding carboxylic acids is 1. The summed E-state index contributed by atoms with van der Waals surface area (Å²) in [4.78, 5) is 19.0. The number of halogens is 1. The summed E-state index contributed by atoms with van der Waals surface area (Å²) in [6.07, 6.45) is 0. The van der Waals surface area contributed by atoms with Crippen LogP contribution >= 0.6 is 11.6 Å². The van der Waals surface area contributed by atoms with E-state index in [0.29, 0.717) is 27.9 Å². The first-order valence-electron chi connectivity index (χ1n) is 9.29. The predicted molar refractivity (Wildman–Crippen MR) is 121 cm³/mol. The maximum atomic E-state index is 12.8. The Bertz CT molecular complexity index is 1370. The number of hydrazine groups is 1. The van der Waals surface area contributed by atoms with E-state index in [0.717, 1.165) is 5.56 Å². The summed E-state index contributed by atoms with van der Waals surface area (Å²) in [7, 11) is -3.81. The lowest BCUT2D eigenvalue weighted by Gasteiger charge is -2.10. The van der Waals surface area contributed by atoms with Gasteiger partial charge in [0.1, 0.15) is 0 Å². The minimum absolute atomic E-state index is 0.0575. The van der Waals surface area contributed by atoms with Gasteiger partial charge >= 0.3 is 0 Å². The first-order chi connectivity index (χ1) is 15.4. The molecule has 1 aromatic heterocycles. The average Bonchev–Trinajstić information content (AvgIpc) is 3.31. The van der Waals surface area contributed by atoms with Crippen molar-refractivity contribution in [3.8, 4) is 22.8 Å². The van der Waals surface area contributed by atoms with Gasteiger partial charge in [0.25, 0.3) is 15.9 Å². The fourth-order valence-corrected chi connectivity index (χ4v) is 3.77. The van der Waals surface area contributed by atoms with Gasteiger partial charge in [-0.15, -0.1) is 0 Å². The van der Waals surface area contributed by atoms with Gasteiger partial charge < -0.3 is 5.32 Å². The minimum Gasteiger partial charge on any atom is -0.321 e. The maximum absolute atomic E-state index is 12.8. The number of carbonyl (C=O) groups is 1. The average molecular weight is 469 g/mol. The molecule has 0 aliphatic rings. The van der Waals surface area contributed by atoms with E-state index < -0.39 is 15.9 Å². The summed E-state index contributed by atoms with van der Waals surface area (Å²) in [6, 6.07) is 19.7. The zero-order valence-corrected chi connectivity index (χ0v) is 18.0. The van der Waals surface area contributed by atoms with Crippen molar-refractivity contribution in [1.82, 2.24) is 20.0 Å². The number of sulfonamides is 1. The molecule has 0 saturated heterocycles. The monoisotopic (exact) mass is 468 g/mol. The molecule has 5 N–H and O–H groups in total. The van der Waals surface area contributed by atoms with E-state index in [4.69, 9.17) is 17.4 Å². The van der Waals surface area contributed by atoms with Crippen molar-refractivity contribution in [3.63, 3.8) is 0 Å². The molecule has 11 heteroatoms. The number of hydrogen-bond donors (Lipinski definition) is 4. The number of hydrogen-bond acceptors (Lipinski definition) is 6. The molecule has 0 spiro atoms. The van der Waals surface area contributed by atoms with Crippen LogP contribution in [-0.2, 0) is 10.0 Å².